The summed E-state index contributed by atoms with van der Waals surface area (Å²) in [6, 6.07) is 17.6. The molecule has 3 rings (SSSR count). The molecule has 0 unspecified atom stereocenters. The molecule has 3 aromatic rings. The predicted octanol–water partition coefficient (Wildman–Crippen LogP) is 4.52. The van der Waals surface area contributed by atoms with Gasteiger partial charge in [0.05, 0.1) is 10.6 Å². The van der Waals surface area contributed by atoms with Gasteiger partial charge in [-0.1, -0.05) is 48.0 Å². The molecule has 0 aromatic heterocycles. The maximum Gasteiger partial charge on any atom is 0.262 e. The fourth-order valence-electron chi connectivity index (χ4n) is 2.99. The number of aryl methyl sites for hydroxylation is 2. The topological polar surface area (TPSA) is 66.5 Å². The number of sulfonamides is 1. The van der Waals surface area contributed by atoms with Gasteiger partial charge in [0, 0.05) is 19.2 Å². The number of para-hydroxylation sites is 1. The van der Waals surface area contributed by atoms with Crippen LogP contribution in [0.4, 0.5) is 10.1 Å². The molecule has 0 heterocycles. The molecule has 7 heteroatoms. The zero-order valence-corrected chi connectivity index (χ0v) is 17.8. The number of benzene rings is 3. The van der Waals surface area contributed by atoms with Gasteiger partial charge in [0.25, 0.3) is 15.9 Å². The van der Waals surface area contributed by atoms with Crippen molar-refractivity contribution in [2.45, 2.75) is 25.3 Å². The van der Waals surface area contributed by atoms with Gasteiger partial charge in [-0.3, -0.25) is 9.52 Å². The van der Waals surface area contributed by atoms with E-state index in [0.717, 1.165) is 11.1 Å². The predicted molar refractivity (Wildman–Crippen MR) is 115 cm³/mol. The van der Waals surface area contributed by atoms with Gasteiger partial charge in [-0.15, -0.1) is 0 Å². The molecule has 0 atom stereocenters. The van der Waals surface area contributed by atoms with Crippen molar-refractivity contribution in [1.29, 1.82) is 0 Å². The Hall–Kier alpha value is -3.19. The summed E-state index contributed by atoms with van der Waals surface area (Å²) >= 11 is 0. The van der Waals surface area contributed by atoms with Crippen LogP contribution in [0.25, 0.3) is 0 Å². The third-order valence-electron chi connectivity index (χ3n) is 4.75. The van der Waals surface area contributed by atoms with Gasteiger partial charge in [-0.05, 0) is 49.2 Å². The number of nitrogens with zero attached hydrogens (tertiary/aromatic N) is 1. The quantitative estimate of drug-likeness (QED) is 0.630. The maximum absolute atomic E-state index is 13.9. The van der Waals surface area contributed by atoms with Crippen molar-refractivity contribution in [3.05, 3.63) is 94.8 Å². The van der Waals surface area contributed by atoms with Crippen LogP contribution in [0.15, 0.2) is 71.6 Å². The number of hydrogen-bond donors (Lipinski definition) is 1. The van der Waals surface area contributed by atoms with E-state index in [-0.39, 0.29) is 22.1 Å². The molecule has 0 aliphatic rings. The summed E-state index contributed by atoms with van der Waals surface area (Å²) in [4.78, 5) is 14.4. The molecule has 5 nitrogen and oxygen atoms in total. The van der Waals surface area contributed by atoms with E-state index in [9.17, 15) is 17.6 Å². The molecule has 1 N–H and O–H groups in total. The average Bonchev–Trinajstić information content (AvgIpc) is 2.71. The lowest BCUT2D eigenvalue weighted by molar-refractivity contribution is 0.0784. The van der Waals surface area contributed by atoms with Crippen molar-refractivity contribution in [3.63, 3.8) is 0 Å². The second-order valence-electron chi connectivity index (χ2n) is 7.21. The number of carbonyl (C=O) groups excluding carboxylic acids is 1. The molecule has 30 heavy (non-hydrogen) atoms. The molecule has 0 fully saturated rings. The summed E-state index contributed by atoms with van der Waals surface area (Å²) in [5.41, 5.74) is 2.88. The summed E-state index contributed by atoms with van der Waals surface area (Å²) in [7, 11) is -2.39. The largest absolute Gasteiger partial charge is 0.337 e. The molecule has 0 bridgehead atoms. The molecule has 3 aromatic carbocycles. The Bertz CT molecular complexity index is 1180. The lowest BCUT2D eigenvalue weighted by Crippen LogP contribution is -2.27. The van der Waals surface area contributed by atoms with Crippen molar-refractivity contribution >= 4 is 21.6 Å². The fourth-order valence-corrected chi connectivity index (χ4v) is 4.08. The van der Waals surface area contributed by atoms with Gasteiger partial charge >= 0.3 is 0 Å². The van der Waals surface area contributed by atoms with Crippen molar-refractivity contribution in [2.75, 3.05) is 11.8 Å². The zero-order chi connectivity index (χ0) is 21.9. The highest BCUT2D eigenvalue weighted by molar-refractivity contribution is 7.92. The second kappa shape index (κ2) is 8.67. The van der Waals surface area contributed by atoms with Crippen molar-refractivity contribution in [3.8, 4) is 0 Å². The van der Waals surface area contributed by atoms with Crippen molar-refractivity contribution < 1.29 is 17.6 Å². The number of hydrogen-bond acceptors (Lipinski definition) is 3. The van der Waals surface area contributed by atoms with E-state index in [1.165, 1.54) is 41.3 Å². The lowest BCUT2D eigenvalue weighted by Gasteiger charge is -2.19. The third kappa shape index (κ3) is 4.86. The minimum absolute atomic E-state index is 0.108. The van der Waals surface area contributed by atoms with Gasteiger partial charge in [-0.25, -0.2) is 12.8 Å². The fraction of sp³-hybridized carbons (Fsp3) is 0.174. The minimum atomic E-state index is -4.06. The Balaban J connectivity index is 1.86. The Morgan fingerprint density at radius 3 is 2.33 bits per heavy atom. The molecule has 1 amide bonds. The molecule has 0 saturated heterocycles. The Kier molecular flexibility index (Phi) is 6.22. The molecule has 0 aliphatic carbocycles. The summed E-state index contributed by atoms with van der Waals surface area (Å²) < 4.78 is 41.6. The highest BCUT2D eigenvalue weighted by atomic mass is 32.2. The van der Waals surface area contributed by atoms with Gasteiger partial charge in [-0.2, -0.15) is 0 Å². The Morgan fingerprint density at radius 1 is 1.00 bits per heavy atom. The molecular weight excluding hydrogens is 403 g/mol. The van der Waals surface area contributed by atoms with E-state index in [1.54, 1.807) is 20.0 Å². The van der Waals surface area contributed by atoms with E-state index in [1.807, 2.05) is 31.2 Å². The molecule has 0 aliphatic heterocycles. The number of halogens is 1. The van der Waals surface area contributed by atoms with Gasteiger partial charge in [0.15, 0.2) is 0 Å². The van der Waals surface area contributed by atoms with Gasteiger partial charge in [0.2, 0.25) is 0 Å². The first-order chi connectivity index (χ1) is 14.2. The second-order valence-corrected chi connectivity index (χ2v) is 8.89. The van der Waals surface area contributed by atoms with Gasteiger partial charge in [0.1, 0.15) is 5.82 Å². The zero-order valence-electron chi connectivity index (χ0n) is 17.0. The van der Waals surface area contributed by atoms with Crippen LogP contribution in [0, 0.1) is 19.7 Å². The summed E-state index contributed by atoms with van der Waals surface area (Å²) in [5, 5.41) is 0. The van der Waals surface area contributed by atoms with E-state index >= 15 is 0 Å². The third-order valence-corrected chi connectivity index (χ3v) is 6.12. The van der Waals surface area contributed by atoms with E-state index in [0.29, 0.717) is 12.1 Å². The number of carbonyl (C=O) groups is 1. The molecule has 0 saturated carbocycles. The minimum Gasteiger partial charge on any atom is -0.337 e. The van der Waals surface area contributed by atoms with Crippen LogP contribution in [-0.4, -0.2) is 26.3 Å². The van der Waals surface area contributed by atoms with E-state index in [4.69, 9.17) is 0 Å². The van der Waals surface area contributed by atoms with Crippen LogP contribution >= 0.6 is 0 Å². The Morgan fingerprint density at radius 2 is 1.67 bits per heavy atom. The van der Waals surface area contributed by atoms with Crippen LogP contribution in [-0.2, 0) is 16.6 Å². The standard InChI is InChI=1S/C23H23FN2O3S/c1-16-8-11-18(12-9-16)15-26(3)23(27)20-14-19(13-10-17(20)2)30(28,29)25-22-7-5-4-6-21(22)24/h4-14,25H,15H2,1-3H3. The number of rotatable bonds is 6. The molecular formula is C23H23FN2O3S. The number of amides is 1. The highest BCUT2D eigenvalue weighted by Crippen LogP contribution is 2.22. The average molecular weight is 427 g/mol. The van der Waals surface area contributed by atoms with Crippen LogP contribution in [0.3, 0.4) is 0 Å². The van der Waals surface area contributed by atoms with E-state index < -0.39 is 15.8 Å². The summed E-state index contributed by atoms with van der Waals surface area (Å²) in [6.45, 7) is 4.12. The first kappa shape index (κ1) is 21.5. The van der Waals surface area contributed by atoms with Gasteiger partial charge < -0.3 is 4.90 Å². The van der Waals surface area contributed by atoms with E-state index in [2.05, 4.69) is 4.72 Å². The summed E-state index contributed by atoms with van der Waals surface area (Å²) in [5.74, 6) is -0.974. The molecule has 156 valence electrons. The molecule has 0 radical (unpaired) electrons. The van der Waals surface area contributed by atoms with Crippen LogP contribution in [0.1, 0.15) is 27.0 Å². The van der Waals surface area contributed by atoms with Crippen LogP contribution in [0.2, 0.25) is 0 Å². The van der Waals surface area contributed by atoms with Crippen LogP contribution in [0.5, 0.6) is 0 Å². The number of anilines is 1. The normalized spacial score (nSPS) is 11.2. The first-order valence-electron chi connectivity index (χ1n) is 9.36. The monoisotopic (exact) mass is 426 g/mol. The maximum atomic E-state index is 13.9. The first-order valence-corrected chi connectivity index (χ1v) is 10.8. The number of nitrogens with one attached hydrogen (secondary N) is 1. The lowest BCUT2D eigenvalue weighted by atomic mass is 10.1. The smallest absolute Gasteiger partial charge is 0.262 e. The Labute approximate surface area is 176 Å². The van der Waals surface area contributed by atoms with Crippen molar-refractivity contribution in [2.24, 2.45) is 0 Å². The highest BCUT2D eigenvalue weighted by Gasteiger charge is 2.21. The SMILES string of the molecule is Cc1ccc(CN(C)C(=O)c2cc(S(=O)(=O)Nc3ccccc3F)ccc2C)cc1. The van der Waals surface area contributed by atoms with Crippen molar-refractivity contribution in [1.82, 2.24) is 4.90 Å². The molecule has 0 spiro atoms. The van der Waals surface area contributed by atoms with Crippen LogP contribution < -0.4 is 4.72 Å². The summed E-state index contributed by atoms with van der Waals surface area (Å²) in [6.07, 6.45) is 0.